The lowest BCUT2D eigenvalue weighted by Crippen LogP contribution is -2.47. The first-order chi connectivity index (χ1) is 11.1. The number of thiophene rings is 1. The first kappa shape index (κ1) is 15.9. The number of hydrogen-bond donors (Lipinski definition) is 1. The molecule has 0 bridgehead atoms. The van der Waals surface area contributed by atoms with Crippen LogP contribution in [0, 0.1) is 10.1 Å². The van der Waals surface area contributed by atoms with E-state index in [4.69, 9.17) is 0 Å². The van der Waals surface area contributed by atoms with E-state index in [0.29, 0.717) is 12.1 Å². The molecule has 1 fully saturated rings. The van der Waals surface area contributed by atoms with E-state index in [0.717, 1.165) is 26.2 Å². The van der Waals surface area contributed by atoms with Crippen LogP contribution < -0.4 is 4.90 Å². The molecule has 0 radical (unpaired) electrons. The normalized spacial score (nSPS) is 17.2. The highest BCUT2D eigenvalue weighted by molar-refractivity contribution is 7.14. The first-order valence-electron chi connectivity index (χ1n) is 7.57. The summed E-state index contributed by atoms with van der Waals surface area (Å²) in [6, 6.07) is 10.4. The Balaban J connectivity index is 1.56. The van der Waals surface area contributed by atoms with Gasteiger partial charge in [0, 0.05) is 44.9 Å². The number of aliphatic hydroxyl groups is 1. The van der Waals surface area contributed by atoms with Crippen molar-refractivity contribution in [2.24, 2.45) is 0 Å². The molecule has 7 heteroatoms. The molecule has 1 aliphatic rings. The molecule has 0 spiro atoms. The van der Waals surface area contributed by atoms with Crippen LogP contribution in [0.15, 0.2) is 41.8 Å². The van der Waals surface area contributed by atoms with E-state index in [1.54, 1.807) is 23.5 Å². The molecule has 2 aromatic rings. The predicted molar refractivity (Wildman–Crippen MR) is 91.0 cm³/mol. The van der Waals surface area contributed by atoms with Gasteiger partial charge in [0.2, 0.25) is 0 Å². The molecule has 0 saturated carbocycles. The molecule has 6 nitrogen and oxygen atoms in total. The number of aliphatic hydroxyl groups excluding tert-OH is 1. The first-order valence-corrected chi connectivity index (χ1v) is 8.44. The minimum absolute atomic E-state index is 0.0177. The maximum Gasteiger partial charge on any atom is 0.269 e. The van der Waals surface area contributed by atoms with Gasteiger partial charge in [-0.1, -0.05) is 12.1 Å². The maximum atomic E-state index is 10.8. The molecule has 23 heavy (non-hydrogen) atoms. The van der Waals surface area contributed by atoms with Gasteiger partial charge in [0.15, 0.2) is 0 Å². The van der Waals surface area contributed by atoms with Gasteiger partial charge in [-0.05, 0) is 23.1 Å². The second kappa shape index (κ2) is 7.08. The van der Waals surface area contributed by atoms with E-state index in [1.165, 1.54) is 17.1 Å². The third-order valence-electron chi connectivity index (χ3n) is 4.09. The molecule has 122 valence electrons. The van der Waals surface area contributed by atoms with Gasteiger partial charge in [-0.15, -0.1) is 11.3 Å². The van der Waals surface area contributed by atoms with Crippen LogP contribution in [-0.2, 0) is 0 Å². The SMILES string of the molecule is O=[N+]([O-])c1cccc(C(O)CN2CCN(c3cccs3)CC2)c1. The predicted octanol–water partition coefficient (Wildman–Crippen LogP) is 2.51. The summed E-state index contributed by atoms with van der Waals surface area (Å²) >= 11 is 1.74. The van der Waals surface area contributed by atoms with Gasteiger partial charge < -0.3 is 10.0 Å². The van der Waals surface area contributed by atoms with Crippen LogP contribution in [0.1, 0.15) is 11.7 Å². The minimum atomic E-state index is -0.705. The molecular weight excluding hydrogens is 314 g/mol. The number of β-amino-alcohol motifs (C(OH)–C–C–N with tert-alkyl or cyclic N) is 1. The molecule has 1 saturated heterocycles. The summed E-state index contributed by atoms with van der Waals surface area (Å²) in [5.41, 5.74) is 0.615. The number of nitrogens with zero attached hydrogens (tertiary/aromatic N) is 3. The Bertz CT molecular complexity index is 654. The zero-order valence-electron chi connectivity index (χ0n) is 12.7. The third kappa shape index (κ3) is 3.87. The zero-order chi connectivity index (χ0) is 16.2. The average molecular weight is 333 g/mol. The fourth-order valence-electron chi connectivity index (χ4n) is 2.80. The van der Waals surface area contributed by atoms with Gasteiger partial charge in [-0.3, -0.25) is 15.0 Å². The Morgan fingerprint density at radius 3 is 2.65 bits per heavy atom. The molecule has 2 heterocycles. The summed E-state index contributed by atoms with van der Waals surface area (Å²) in [6.07, 6.45) is -0.705. The van der Waals surface area contributed by atoms with Crippen molar-refractivity contribution in [2.45, 2.75) is 6.10 Å². The van der Waals surface area contributed by atoms with Crippen LogP contribution >= 0.6 is 11.3 Å². The Labute approximate surface area is 138 Å². The van der Waals surface area contributed by atoms with Crippen molar-refractivity contribution in [3.63, 3.8) is 0 Å². The smallest absolute Gasteiger partial charge is 0.269 e. The molecule has 1 N–H and O–H groups in total. The van der Waals surface area contributed by atoms with Crippen molar-refractivity contribution < 1.29 is 10.0 Å². The number of anilines is 1. The summed E-state index contributed by atoms with van der Waals surface area (Å²) in [5, 5.41) is 24.5. The van der Waals surface area contributed by atoms with E-state index in [-0.39, 0.29) is 5.69 Å². The summed E-state index contributed by atoms with van der Waals surface area (Å²) in [4.78, 5) is 14.9. The Morgan fingerprint density at radius 2 is 2.00 bits per heavy atom. The van der Waals surface area contributed by atoms with Crippen LogP contribution in [-0.4, -0.2) is 47.7 Å². The number of rotatable bonds is 5. The van der Waals surface area contributed by atoms with E-state index < -0.39 is 11.0 Å². The van der Waals surface area contributed by atoms with Crippen molar-refractivity contribution in [2.75, 3.05) is 37.6 Å². The topological polar surface area (TPSA) is 69.8 Å². The lowest BCUT2D eigenvalue weighted by atomic mass is 10.1. The second-order valence-electron chi connectivity index (χ2n) is 5.61. The van der Waals surface area contributed by atoms with Gasteiger partial charge in [0.25, 0.3) is 5.69 Å². The van der Waals surface area contributed by atoms with Crippen LogP contribution in [0.4, 0.5) is 10.7 Å². The highest BCUT2D eigenvalue weighted by Crippen LogP contribution is 2.24. The van der Waals surface area contributed by atoms with Gasteiger partial charge in [-0.25, -0.2) is 0 Å². The van der Waals surface area contributed by atoms with Crippen molar-refractivity contribution in [1.29, 1.82) is 0 Å². The molecule has 1 aromatic carbocycles. The number of non-ortho nitro benzene ring substituents is 1. The number of benzene rings is 1. The monoisotopic (exact) mass is 333 g/mol. The minimum Gasteiger partial charge on any atom is -0.387 e. The molecular formula is C16H19N3O3S. The largest absolute Gasteiger partial charge is 0.387 e. The Morgan fingerprint density at radius 1 is 1.22 bits per heavy atom. The highest BCUT2D eigenvalue weighted by Gasteiger charge is 2.21. The van der Waals surface area contributed by atoms with E-state index in [9.17, 15) is 15.2 Å². The standard InChI is InChI=1S/C16H19N3O3S/c20-15(13-3-1-4-14(11-13)19(21)22)12-17-6-8-18(9-7-17)16-5-2-10-23-16/h1-5,10-11,15,20H,6-9,12H2. The summed E-state index contributed by atoms with van der Waals surface area (Å²) in [5.74, 6) is 0. The zero-order valence-corrected chi connectivity index (χ0v) is 13.5. The summed E-state index contributed by atoms with van der Waals surface area (Å²) in [6.45, 7) is 4.12. The van der Waals surface area contributed by atoms with E-state index in [1.807, 2.05) is 0 Å². The highest BCUT2D eigenvalue weighted by atomic mass is 32.1. The van der Waals surface area contributed by atoms with Crippen molar-refractivity contribution in [1.82, 2.24) is 4.90 Å². The van der Waals surface area contributed by atoms with Gasteiger partial charge in [0.1, 0.15) is 0 Å². The number of piperazine rings is 1. The van der Waals surface area contributed by atoms with Crippen LogP contribution in [0.3, 0.4) is 0 Å². The van der Waals surface area contributed by atoms with Crippen molar-refractivity contribution in [3.8, 4) is 0 Å². The molecule has 1 atom stereocenters. The fraction of sp³-hybridized carbons (Fsp3) is 0.375. The van der Waals surface area contributed by atoms with Gasteiger partial charge in [-0.2, -0.15) is 0 Å². The lowest BCUT2D eigenvalue weighted by molar-refractivity contribution is -0.385. The summed E-state index contributed by atoms with van der Waals surface area (Å²) in [7, 11) is 0. The quantitative estimate of drug-likeness (QED) is 0.672. The van der Waals surface area contributed by atoms with Crippen LogP contribution in [0.2, 0.25) is 0 Å². The van der Waals surface area contributed by atoms with Crippen molar-refractivity contribution >= 4 is 22.0 Å². The average Bonchev–Trinajstić information content (AvgIpc) is 3.10. The molecule has 1 aliphatic heterocycles. The molecule has 0 amide bonds. The van der Waals surface area contributed by atoms with Crippen molar-refractivity contribution in [3.05, 3.63) is 57.5 Å². The van der Waals surface area contributed by atoms with E-state index in [2.05, 4.69) is 27.3 Å². The Kier molecular flexibility index (Phi) is 4.90. The maximum absolute atomic E-state index is 10.8. The molecule has 1 unspecified atom stereocenters. The van der Waals surface area contributed by atoms with Gasteiger partial charge in [0.05, 0.1) is 16.0 Å². The fourth-order valence-corrected chi connectivity index (χ4v) is 3.58. The van der Waals surface area contributed by atoms with Crippen LogP contribution in [0.25, 0.3) is 0 Å². The number of nitro benzene ring substituents is 1. The molecule has 3 rings (SSSR count). The number of hydrogen-bond acceptors (Lipinski definition) is 6. The van der Waals surface area contributed by atoms with Gasteiger partial charge >= 0.3 is 0 Å². The summed E-state index contributed by atoms with van der Waals surface area (Å²) < 4.78 is 0. The third-order valence-corrected chi connectivity index (χ3v) is 5.02. The lowest BCUT2D eigenvalue weighted by Gasteiger charge is -2.36. The number of nitro groups is 1. The van der Waals surface area contributed by atoms with E-state index >= 15 is 0 Å². The molecule has 0 aliphatic carbocycles. The molecule has 1 aromatic heterocycles. The van der Waals surface area contributed by atoms with Crippen LogP contribution in [0.5, 0.6) is 0 Å². The second-order valence-corrected chi connectivity index (χ2v) is 6.53. The Hall–Kier alpha value is -1.96.